The summed E-state index contributed by atoms with van der Waals surface area (Å²) in [7, 11) is -4.57. The minimum absolute atomic E-state index is 0.0249. The molecule has 11 heteroatoms. The van der Waals surface area contributed by atoms with Crippen LogP contribution in [0.3, 0.4) is 0 Å². The molecular weight excluding hydrogens is 705 g/mol. The molecule has 0 aliphatic heterocycles. The zero-order valence-corrected chi connectivity index (χ0v) is 19.9. The quantitative estimate of drug-likeness (QED) is 0.154. The van der Waals surface area contributed by atoms with Crippen LogP contribution in [0.25, 0.3) is 0 Å². The van der Waals surface area contributed by atoms with E-state index in [2.05, 4.69) is 22.6 Å². The second-order valence-electron chi connectivity index (χ2n) is 4.69. The van der Waals surface area contributed by atoms with Gasteiger partial charge in [0.05, 0.1) is 10.5 Å². The Kier molecular flexibility index (Phi) is 7.63. The topological polar surface area (TPSA) is 110 Å². The van der Waals surface area contributed by atoms with Gasteiger partial charge < -0.3 is 14.0 Å². The minimum atomic E-state index is -4.57. The van der Waals surface area contributed by atoms with E-state index < -0.39 is 33.6 Å². The molecule has 0 aliphatic carbocycles. The van der Waals surface area contributed by atoms with Crippen LogP contribution in [-0.2, 0) is 19.6 Å². The molecule has 2 aromatic rings. The summed E-state index contributed by atoms with van der Waals surface area (Å²) in [4.78, 5) is 23.5. The van der Waals surface area contributed by atoms with Crippen molar-refractivity contribution in [3.63, 3.8) is 0 Å². The van der Waals surface area contributed by atoms with Crippen LogP contribution in [0.1, 0.15) is 10.4 Å². The van der Waals surface area contributed by atoms with Gasteiger partial charge >= 0.3 is 11.9 Å². The van der Waals surface area contributed by atoms with Crippen molar-refractivity contribution in [2.75, 3.05) is 6.61 Å². The standard InChI is InChI=1S/C15H9I3O7S/c16-10-5-6-11(17)14(18)13(10)15(20)24-7-12(19)25-8-1-3-9(4-2-8)26(21,22)23/h1-6H,7H2,(H,21,22,23)/p-1. The van der Waals surface area contributed by atoms with Gasteiger partial charge in [0.25, 0.3) is 0 Å². The van der Waals surface area contributed by atoms with Crippen LogP contribution in [0.15, 0.2) is 41.3 Å². The normalized spacial score (nSPS) is 11.1. The summed E-state index contributed by atoms with van der Waals surface area (Å²) in [6.07, 6.45) is 0. The van der Waals surface area contributed by atoms with Gasteiger partial charge in [-0.3, -0.25) is 0 Å². The largest absolute Gasteiger partial charge is 0.744 e. The van der Waals surface area contributed by atoms with E-state index in [9.17, 15) is 22.6 Å². The van der Waals surface area contributed by atoms with E-state index in [0.717, 1.165) is 31.4 Å². The number of hydrogen-bond donors (Lipinski definition) is 0. The van der Waals surface area contributed by atoms with Crippen molar-refractivity contribution in [2.24, 2.45) is 0 Å². The van der Waals surface area contributed by atoms with Crippen molar-refractivity contribution in [3.05, 3.63) is 52.7 Å². The Bertz CT molecular complexity index is 956. The second-order valence-corrected chi connectivity index (χ2v) is 9.48. The third-order valence-corrected chi connectivity index (χ3v) is 7.71. The van der Waals surface area contributed by atoms with Crippen LogP contribution < -0.4 is 4.74 Å². The number of carbonyl (C=O) groups excluding carboxylic acids is 2. The van der Waals surface area contributed by atoms with Crippen LogP contribution in [0.2, 0.25) is 0 Å². The van der Waals surface area contributed by atoms with E-state index in [-0.39, 0.29) is 5.75 Å². The van der Waals surface area contributed by atoms with E-state index in [1.807, 2.05) is 51.2 Å². The van der Waals surface area contributed by atoms with Gasteiger partial charge in [-0.05, 0) is 104 Å². The molecule has 138 valence electrons. The Morgan fingerprint density at radius 3 is 2.12 bits per heavy atom. The summed E-state index contributed by atoms with van der Waals surface area (Å²) < 4.78 is 44.7. The molecule has 7 nitrogen and oxygen atoms in total. The Labute approximate surface area is 190 Å². The highest BCUT2D eigenvalue weighted by Gasteiger charge is 2.19. The van der Waals surface area contributed by atoms with Gasteiger partial charge in [0.2, 0.25) is 0 Å². The first-order valence-electron chi connectivity index (χ1n) is 6.67. The van der Waals surface area contributed by atoms with E-state index in [1.54, 1.807) is 6.07 Å². The number of carbonyl (C=O) groups is 2. The van der Waals surface area contributed by atoms with E-state index >= 15 is 0 Å². The zero-order valence-electron chi connectivity index (χ0n) is 12.6. The molecule has 0 radical (unpaired) electrons. The molecule has 0 N–H and O–H groups in total. The number of halogens is 3. The highest BCUT2D eigenvalue weighted by Crippen LogP contribution is 2.25. The van der Waals surface area contributed by atoms with Crippen LogP contribution in [0.4, 0.5) is 0 Å². The minimum Gasteiger partial charge on any atom is -0.744 e. The molecule has 0 unspecified atom stereocenters. The van der Waals surface area contributed by atoms with Crippen molar-refractivity contribution in [1.29, 1.82) is 0 Å². The van der Waals surface area contributed by atoms with Gasteiger partial charge in [0.1, 0.15) is 15.9 Å². The molecule has 0 fully saturated rings. The molecule has 0 saturated heterocycles. The molecule has 2 aromatic carbocycles. The Morgan fingerprint density at radius 1 is 0.962 bits per heavy atom. The summed E-state index contributed by atoms with van der Waals surface area (Å²) in [5.41, 5.74) is 0.371. The number of esters is 2. The molecule has 2 rings (SSSR count). The lowest BCUT2D eigenvalue weighted by atomic mass is 10.2. The molecule has 0 atom stereocenters. The zero-order chi connectivity index (χ0) is 19.5. The predicted octanol–water partition coefficient (Wildman–Crippen LogP) is 3.17. The summed E-state index contributed by atoms with van der Waals surface area (Å²) in [5.74, 6) is -1.47. The highest BCUT2D eigenvalue weighted by atomic mass is 127. The lowest BCUT2D eigenvalue weighted by Crippen LogP contribution is -2.20. The monoisotopic (exact) mass is 713 g/mol. The number of rotatable bonds is 5. The summed E-state index contributed by atoms with van der Waals surface area (Å²) >= 11 is 6.12. The van der Waals surface area contributed by atoms with Crippen molar-refractivity contribution in [3.8, 4) is 5.75 Å². The second kappa shape index (κ2) is 9.11. The average Bonchev–Trinajstić information content (AvgIpc) is 2.56. The molecule has 0 heterocycles. The molecule has 26 heavy (non-hydrogen) atoms. The maximum atomic E-state index is 12.2. The first-order chi connectivity index (χ1) is 12.1. The lowest BCUT2D eigenvalue weighted by molar-refractivity contribution is -0.137. The van der Waals surface area contributed by atoms with E-state index in [1.165, 1.54) is 0 Å². The first-order valence-corrected chi connectivity index (χ1v) is 11.3. The number of ether oxygens (including phenoxy) is 2. The van der Waals surface area contributed by atoms with Gasteiger partial charge in [-0.2, -0.15) is 0 Å². The Balaban J connectivity index is 1.99. The van der Waals surface area contributed by atoms with Crippen LogP contribution in [0.5, 0.6) is 5.75 Å². The molecule has 0 bridgehead atoms. The van der Waals surface area contributed by atoms with E-state index in [4.69, 9.17) is 9.47 Å². The van der Waals surface area contributed by atoms with Gasteiger partial charge in [0.15, 0.2) is 6.61 Å². The molecule has 0 spiro atoms. The van der Waals surface area contributed by atoms with Gasteiger partial charge in [-0.25, -0.2) is 18.0 Å². The van der Waals surface area contributed by atoms with Crippen LogP contribution >= 0.6 is 67.8 Å². The SMILES string of the molecule is O=C(COC(=O)c1c(I)ccc(I)c1I)Oc1ccc(S(=O)(=O)[O-])cc1. The summed E-state index contributed by atoms with van der Waals surface area (Å²) in [5, 5.41) is 0. The van der Waals surface area contributed by atoms with Crippen molar-refractivity contribution in [2.45, 2.75) is 4.90 Å². The van der Waals surface area contributed by atoms with Gasteiger partial charge in [0, 0.05) is 10.7 Å². The molecule has 0 aliphatic rings. The highest BCUT2D eigenvalue weighted by molar-refractivity contribution is 14.1. The lowest BCUT2D eigenvalue weighted by Gasteiger charge is -2.10. The fourth-order valence-corrected chi connectivity index (χ4v) is 4.54. The van der Waals surface area contributed by atoms with Gasteiger partial charge in [-0.15, -0.1) is 0 Å². The Morgan fingerprint density at radius 2 is 1.54 bits per heavy atom. The summed E-state index contributed by atoms with van der Waals surface area (Å²) in [6, 6.07) is 8.00. The predicted molar refractivity (Wildman–Crippen MR) is 115 cm³/mol. The number of hydrogen-bond acceptors (Lipinski definition) is 7. The van der Waals surface area contributed by atoms with Crippen molar-refractivity contribution in [1.82, 2.24) is 0 Å². The molecule has 0 saturated carbocycles. The molecule has 0 aromatic heterocycles. The third kappa shape index (κ3) is 5.74. The van der Waals surface area contributed by atoms with Crippen LogP contribution in [0, 0.1) is 10.7 Å². The fraction of sp³-hybridized carbons (Fsp3) is 0.0667. The van der Waals surface area contributed by atoms with E-state index in [0.29, 0.717) is 9.13 Å². The summed E-state index contributed by atoms with van der Waals surface area (Å²) in [6.45, 7) is -0.613. The van der Waals surface area contributed by atoms with Crippen LogP contribution in [-0.4, -0.2) is 31.5 Å². The molecule has 0 amide bonds. The fourth-order valence-electron chi connectivity index (χ4n) is 1.75. The number of benzene rings is 2. The van der Waals surface area contributed by atoms with Gasteiger partial charge in [-0.1, -0.05) is 0 Å². The van der Waals surface area contributed by atoms with Crippen molar-refractivity contribution >= 4 is 89.8 Å². The average molecular weight is 713 g/mol. The molecular formula is C15H8I3O7S-. The van der Waals surface area contributed by atoms with Crippen molar-refractivity contribution < 1.29 is 32.0 Å². The maximum Gasteiger partial charge on any atom is 0.349 e. The first kappa shape index (κ1) is 21.8. The maximum absolute atomic E-state index is 12.2. The third-order valence-electron chi connectivity index (χ3n) is 2.91. The smallest absolute Gasteiger partial charge is 0.349 e. The Hall–Kier alpha value is -0.520.